The Kier molecular flexibility index (Phi) is 3.63. The van der Waals surface area contributed by atoms with Gasteiger partial charge in [-0.05, 0) is 41.7 Å². The molecular formula is C15H14Cl. The van der Waals surface area contributed by atoms with E-state index in [-0.39, 0.29) is 0 Å². The molecule has 1 radical (unpaired) electrons. The molecule has 0 spiro atoms. The first-order chi connectivity index (χ1) is 7.79. The molecule has 0 aliphatic heterocycles. The van der Waals surface area contributed by atoms with Crippen LogP contribution in [-0.4, -0.2) is 0 Å². The van der Waals surface area contributed by atoms with Crippen molar-refractivity contribution in [3.8, 4) is 11.1 Å². The summed E-state index contributed by atoms with van der Waals surface area (Å²) in [6.45, 7) is 3.86. The van der Waals surface area contributed by atoms with E-state index in [0.717, 1.165) is 23.4 Å². The monoisotopic (exact) mass is 229 g/mol. The van der Waals surface area contributed by atoms with Gasteiger partial charge >= 0.3 is 0 Å². The van der Waals surface area contributed by atoms with Gasteiger partial charge in [-0.3, -0.25) is 0 Å². The maximum Gasteiger partial charge on any atom is 0.0412 e. The third kappa shape index (κ3) is 2.65. The van der Waals surface area contributed by atoms with Gasteiger partial charge in [-0.25, -0.2) is 0 Å². The van der Waals surface area contributed by atoms with Crippen LogP contribution in [0.3, 0.4) is 0 Å². The van der Waals surface area contributed by atoms with Crippen LogP contribution in [0.25, 0.3) is 11.1 Å². The van der Waals surface area contributed by atoms with E-state index in [1.807, 2.05) is 18.2 Å². The van der Waals surface area contributed by atoms with Gasteiger partial charge in [0.25, 0.3) is 0 Å². The molecule has 1 heteroatoms. The summed E-state index contributed by atoms with van der Waals surface area (Å²) in [5.74, 6) is 0. The van der Waals surface area contributed by atoms with E-state index in [0.29, 0.717) is 0 Å². The highest BCUT2D eigenvalue weighted by Gasteiger charge is 1.98. The summed E-state index contributed by atoms with van der Waals surface area (Å²) in [5, 5.41) is 0.777. The van der Waals surface area contributed by atoms with Gasteiger partial charge in [-0.15, -0.1) is 0 Å². The lowest BCUT2D eigenvalue weighted by molar-refractivity contribution is 1.000. The lowest BCUT2D eigenvalue weighted by Crippen LogP contribution is -1.83. The van der Waals surface area contributed by atoms with Crippen LogP contribution in [0.4, 0.5) is 0 Å². The topological polar surface area (TPSA) is 0 Å². The van der Waals surface area contributed by atoms with Gasteiger partial charge in [-0.2, -0.15) is 0 Å². The zero-order chi connectivity index (χ0) is 11.4. The molecule has 0 heterocycles. The summed E-state index contributed by atoms with van der Waals surface area (Å²) in [7, 11) is 0. The average molecular weight is 230 g/mol. The summed E-state index contributed by atoms with van der Waals surface area (Å²) >= 11 is 5.97. The van der Waals surface area contributed by atoms with Crippen molar-refractivity contribution in [2.75, 3.05) is 0 Å². The molecule has 0 N–H and O–H groups in total. The van der Waals surface area contributed by atoms with E-state index in [2.05, 4.69) is 37.3 Å². The molecule has 2 aromatic carbocycles. The minimum Gasteiger partial charge on any atom is -0.0843 e. The first kappa shape index (κ1) is 11.2. The first-order valence-electron chi connectivity index (χ1n) is 5.44. The standard InChI is InChI=1S/C15H14Cl/c1-2-4-12-7-9-13(10-8-12)14-5-3-6-15(16)11-14/h3,5-11H,1-2,4H2. The molecule has 0 aliphatic rings. The van der Waals surface area contributed by atoms with Crippen molar-refractivity contribution in [1.29, 1.82) is 0 Å². The molecule has 81 valence electrons. The van der Waals surface area contributed by atoms with Crippen molar-refractivity contribution in [2.24, 2.45) is 0 Å². The molecule has 0 fully saturated rings. The van der Waals surface area contributed by atoms with Crippen LogP contribution in [0.5, 0.6) is 0 Å². The Bertz CT molecular complexity index is 457. The van der Waals surface area contributed by atoms with Crippen molar-refractivity contribution in [3.05, 3.63) is 66.0 Å². The smallest absolute Gasteiger partial charge is 0.0412 e. The van der Waals surface area contributed by atoms with Gasteiger partial charge in [0.2, 0.25) is 0 Å². The van der Waals surface area contributed by atoms with E-state index < -0.39 is 0 Å². The second-order valence-corrected chi connectivity index (χ2v) is 4.25. The molecular weight excluding hydrogens is 216 g/mol. The van der Waals surface area contributed by atoms with E-state index >= 15 is 0 Å². The molecule has 0 bridgehead atoms. The molecule has 0 amide bonds. The molecule has 16 heavy (non-hydrogen) atoms. The number of hydrogen-bond acceptors (Lipinski definition) is 0. The molecule has 2 aromatic rings. The lowest BCUT2D eigenvalue weighted by atomic mass is 10.0. The highest BCUT2D eigenvalue weighted by Crippen LogP contribution is 2.23. The van der Waals surface area contributed by atoms with Crippen molar-refractivity contribution in [2.45, 2.75) is 12.8 Å². The predicted molar refractivity (Wildman–Crippen MR) is 70.6 cm³/mol. The molecule has 0 unspecified atom stereocenters. The van der Waals surface area contributed by atoms with Crippen molar-refractivity contribution < 1.29 is 0 Å². The van der Waals surface area contributed by atoms with Gasteiger partial charge in [0.15, 0.2) is 0 Å². The maximum atomic E-state index is 5.97. The zero-order valence-electron chi connectivity index (χ0n) is 9.12. The van der Waals surface area contributed by atoms with Crippen LogP contribution in [0.2, 0.25) is 5.02 Å². The largest absolute Gasteiger partial charge is 0.0843 e. The fourth-order valence-corrected chi connectivity index (χ4v) is 1.93. The van der Waals surface area contributed by atoms with Crippen molar-refractivity contribution in [3.63, 3.8) is 0 Å². The van der Waals surface area contributed by atoms with Gasteiger partial charge < -0.3 is 0 Å². The summed E-state index contributed by atoms with van der Waals surface area (Å²) in [6, 6.07) is 16.5. The molecule has 0 saturated carbocycles. The van der Waals surface area contributed by atoms with E-state index in [1.54, 1.807) is 0 Å². The molecule has 0 aliphatic carbocycles. The quantitative estimate of drug-likeness (QED) is 0.711. The Balaban J connectivity index is 2.27. The normalized spacial score (nSPS) is 10.4. The summed E-state index contributed by atoms with van der Waals surface area (Å²) < 4.78 is 0. The van der Waals surface area contributed by atoms with Crippen LogP contribution < -0.4 is 0 Å². The summed E-state index contributed by atoms with van der Waals surface area (Å²) in [4.78, 5) is 0. The molecule has 0 aromatic heterocycles. The Morgan fingerprint density at radius 3 is 2.31 bits per heavy atom. The van der Waals surface area contributed by atoms with Crippen molar-refractivity contribution >= 4 is 11.6 Å². The fraction of sp³-hybridized carbons (Fsp3) is 0.133. The minimum absolute atomic E-state index is 0.777. The average Bonchev–Trinajstić information content (AvgIpc) is 2.30. The van der Waals surface area contributed by atoms with E-state index in [1.165, 1.54) is 11.1 Å². The van der Waals surface area contributed by atoms with E-state index in [9.17, 15) is 0 Å². The van der Waals surface area contributed by atoms with Gasteiger partial charge in [-0.1, -0.05) is 54.9 Å². The summed E-state index contributed by atoms with van der Waals surface area (Å²) in [6.07, 6.45) is 1.98. The Morgan fingerprint density at radius 1 is 0.938 bits per heavy atom. The van der Waals surface area contributed by atoms with Crippen LogP contribution in [0, 0.1) is 6.92 Å². The van der Waals surface area contributed by atoms with Crippen LogP contribution in [0.1, 0.15) is 12.0 Å². The third-order valence-electron chi connectivity index (χ3n) is 2.58. The highest BCUT2D eigenvalue weighted by atomic mass is 35.5. The van der Waals surface area contributed by atoms with Gasteiger partial charge in [0, 0.05) is 5.02 Å². The maximum absolute atomic E-state index is 5.97. The Labute approximate surface area is 102 Å². The SMILES string of the molecule is [CH2]CCc1ccc(-c2cccc(Cl)c2)cc1. The molecule has 2 rings (SSSR count). The minimum atomic E-state index is 0.777. The van der Waals surface area contributed by atoms with Gasteiger partial charge in [0.1, 0.15) is 0 Å². The van der Waals surface area contributed by atoms with Crippen molar-refractivity contribution in [1.82, 2.24) is 0 Å². The molecule has 0 saturated heterocycles. The summed E-state index contributed by atoms with van der Waals surface area (Å²) in [5.41, 5.74) is 3.70. The number of hydrogen-bond donors (Lipinski definition) is 0. The Morgan fingerprint density at radius 2 is 1.69 bits per heavy atom. The Hall–Kier alpha value is -1.27. The fourth-order valence-electron chi connectivity index (χ4n) is 1.74. The van der Waals surface area contributed by atoms with E-state index in [4.69, 9.17) is 11.6 Å². The number of halogens is 1. The number of benzene rings is 2. The molecule has 0 atom stereocenters. The van der Waals surface area contributed by atoms with Crippen LogP contribution in [-0.2, 0) is 6.42 Å². The zero-order valence-corrected chi connectivity index (χ0v) is 9.87. The second kappa shape index (κ2) is 5.18. The first-order valence-corrected chi connectivity index (χ1v) is 5.81. The third-order valence-corrected chi connectivity index (χ3v) is 2.81. The number of rotatable bonds is 3. The number of aryl methyl sites for hydroxylation is 1. The second-order valence-electron chi connectivity index (χ2n) is 3.81. The van der Waals surface area contributed by atoms with Crippen LogP contribution >= 0.6 is 11.6 Å². The highest BCUT2D eigenvalue weighted by molar-refractivity contribution is 6.30. The predicted octanol–water partition coefficient (Wildman–Crippen LogP) is 4.77. The van der Waals surface area contributed by atoms with Gasteiger partial charge in [0.05, 0.1) is 0 Å². The molecule has 0 nitrogen and oxygen atoms in total. The van der Waals surface area contributed by atoms with Crippen LogP contribution in [0.15, 0.2) is 48.5 Å². The lowest BCUT2D eigenvalue weighted by Gasteiger charge is -2.04.